The summed E-state index contributed by atoms with van der Waals surface area (Å²) in [5, 5.41) is 13.1. The summed E-state index contributed by atoms with van der Waals surface area (Å²) < 4.78 is 0. The van der Waals surface area contributed by atoms with Gasteiger partial charge in [-0.15, -0.1) is 0 Å². The summed E-state index contributed by atoms with van der Waals surface area (Å²) in [6.45, 7) is 4.87. The second-order valence-corrected chi connectivity index (χ2v) is 3.16. The molecule has 1 N–H and O–H groups in total. The third-order valence-corrected chi connectivity index (χ3v) is 1.87. The van der Waals surface area contributed by atoms with Crippen molar-refractivity contribution in [3.63, 3.8) is 0 Å². The van der Waals surface area contributed by atoms with E-state index in [1.807, 2.05) is 6.92 Å². The fourth-order valence-electron chi connectivity index (χ4n) is 1.06. The van der Waals surface area contributed by atoms with Crippen molar-refractivity contribution in [2.45, 2.75) is 45.7 Å². The molecule has 0 heterocycles. The van der Waals surface area contributed by atoms with Gasteiger partial charge in [-0.1, -0.05) is 13.3 Å². The van der Waals surface area contributed by atoms with Crippen LogP contribution in [-0.4, -0.2) is 23.8 Å². The molecule has 2 atom stereocenters. The molecule has 2 unspecified atom stereocenters. The van der Waals surface area contributed by atoms with E-state index in [0.29, 0.717) is 6.42 Å². The number of carboxylic acids is 1. The highest BCUT2D eigenvalue weighted by atomic mass is 16.4. The molecule has 0 aromatic carbocycles. The van der Waals surface area contributed by atoms with Gasteiger partial charge in [0, 0.05) is 6.04 Å². The quantitative estimate of drug-likeness (QED) is 0.605. The SMILES string of the molecule is CCCC(NC(C)C(=O)[O-])C(C)=O. The number of carbonyl (C=O) groups is 2. The fraction of sp³-hybridized carbons (Fsp3) is 0.778. The van der Waals surface area contributed by atoms with Gasteiger partial charge in [0.1, 0.15) is 5.78 Å². The Morgan fingerprint density at radius 1 is 1.46 bits per heavy atom. The van der Waals surface area contributed by atoms with E-state index in [0.717, 1.165) is 6.42 Å². The molecular formula is C9H16NO3-. The van der Waals surface area contributed by atoms with Crippen molar-refractivity contribution in [3.8, 4) is 0 Å². The highest BCUT2D eigenvalue weighted by Gasteiger charge is 2.15. The first-order chi connectivity index (χ1) is 5.99. The number of nitrogens with one attached hydrogen (secondary N) is 1. The zero-order chi connectivity index (χ0) is 10.4. The molecule has 0 aliphatic heterocycles. The molecule has 0 aliphatic rings. The Labute approximate surface area is 78.3 Å². The largest absolute Gasteiger partial charge is 0.548 e. The summed E-state index contributed by atoms with van der Waals surface area (Å²) in [6, 6.07) is -1.14. The van der Waals surface area contributed by atoms with Crippen molar-refractivity contribution in [1.82, 2.24) is 5.32 Å². The number of rotatable bonds is 6. The second kappa shape index (κ2) is 5.70. The number of carboxylic acid groups (broad SMARTS) is 1. The number of hydrogen-bond acceptors (Lipinski definition) is 4. The van der Waals surface area contributed by atoms with Crippen LogP contribution in [0.25, 0.3) is 0 Å². The predicted molar refractivity (Wildman–Crippen MR) is 47.0 cm³/mol. The lowest BCUT2D eigenvalue weighted by Gasteiger charge is -2.21. The Bertz CT molecular complexity index is 191. The van der Waals surface area contributed by atoms with E-state index < -0.39 is 12.0 Å². The maximum Gasteiger partial charge on any atom is 0.146 e. The topological polar surface area (TPSA) is 69.2 Å². The summed E-state index contributed by atoms with van der Waals surface area (Å²) in [6.07, 6.45) is 1.50. The standard InChI is InChI=1S/C9H17NO3/c1-4-5-8(7(3)11)10-6(2)9(12)13/h6,8,10H,4-5H2,1-3H3,(H,12,13)/p-1. The Morgan fingerprint density at radius 2 is 2.00 bits per heavy atom. The fourth-order valence-corrected chi connectivity index (χ4v) is 1.06. The Hall–Kier alpha value is -0.900. The van der Waals surface area contributed by atoms with Crippen LogP contribution in [0.1, 0.15) is 33.6 Å². The summed E-state index contributed by atoms with van der Waals surface area (Å²) in [4.78, 5) is 21.4. The minimum absolute atomic E-state index is 0.0325. The lowest BCUT2D eigenvalue weighted by molar-refractivity contribution is -0.308. The van der Waals surface area contributed by atoms with Gasteiger partial charge in [-0.3, -0.25) is 10.1 Å². The van der Waals surface area contributed by atoms with Crippen LogP contribution < -0.4 is 10.4 Å². The maximum atomic E-state index is 11.0. The Kier molecular flexibility index (Phi) is 5.30. The molecule has 0 saturated heterocycles. The molecule has 0 aliphatic carbocycles. The first-order valence-electron chi connectivity index (χ1n) is 4.46. The molecule has 13 heavy (non-hydrogen) atoms. The molecule has 76 valence electrons. The highest BCUT2D eigenvalue weighted by Crippen LogP contribution is 1.99. The Balaban J connectivity index is 4.09. The van der Waals surface area contributed by atoms with Gasteiger partial charge < -0.3 is 9.90 Å². The van der Waals surface area contributed by atoms with E-state index >= 15 is 0 Å². The third kappa shape index (κ3) is 4.62. The third-order valence-electron chi connectivity index (χ3n) is 1.87. The molecule has 4 nitrogen and oxygen atoms in total. The van der Waals surface area contributed by atoms with Gasteiger partial charge in [0.25, 0.3) is 0 Å². The molecule has 0 aromatic rings. The van der Waals surface area contributed by atoms with Gasteiger partial charge >= 0.3 is 0 Å². The molecule has 0 rings (SSSR count). The number of ketones is 1. The zero-order valence-corrected chi connectivity index (χ0v) is 8.29. The van der Waals surface area contributed by atoms with Crippen LogP contribution in [0.15, 0.2) is 0 Å². The zero-order valence-electron chi connectivity index (χ0n) is 8.29. The second-order valence-electron chi connectivity index (χ2n) is 3.16. The molecule has 0 amide bonds. The van der Waals surface area contributed by atoms with Gasteiger partial charge in [0.2, 0.25) is 0 Å². The first-order valence-corrected chi connectivity index (χ1v) is 4.46. The number of aliphatic carboxylic acids is 1. The first kappa shape index (κ1) is 12.1. The molecule has 0 aromatic heterocycles. The molecular weight excluding hydrogens is 170 g/mol. The van der Waals surface area contributed by atoms with Gasteiger partial charge in [0.05, 0.1) is 12.0 Å². The van der Waals surface area contributed by atoms with Crippen molar-refractivity contribution in [1.29, 1.82) is 0 Å². The Morgan fingerprint density at radius 3 is 2.31 bits per heavy atom. The van der Waals surface area contributed by atoms with Crippen LogP contribution in [0.5, 0.6) is 0 Å². The molecule has 4 heteroatoms. The van der Waals surface area contributed by atoms with Crippen LogP contribution in [0.2, 0.25) is 0 Å². The van der Waals surface area contributed by atoms with Crippen molar-refractivity contribution >= 4 is 11.8 Å². The summed E-state index contributed by atoms with van der Waals surface area (Å²) in [7, 11) is 0. The van der Waals surface area contributed by atoms with E-state index in [1.165, 1.54) is 13.8 Å². The van der Waals surface area contributed by atoms with E-state index in [2.05, 4.69) is 5.32 Å². The van der Waals surface area contributed by atoms with E-state index in [4.69, 9.17) is 0 Å². The normalized spacial score (nSPS) is 15.0. The average molecular weight is 186 g/mol. The molecule has 0 fully saturated rings. The van der Waals surface area contributed by atoms with Gasteiger partial charge in [-0.25, -0.2) is 0 Å². The summed E-state index contributed by atoms with van der Waals surface area (Å²) >= 11 is 0. The average Bonchev–Trinajstić information content (AvgIpc) is 2.03. The lowest BCUT2D eigenvalue weighted by Crippen LogP contribution is -2.49. The van der Waals surface area contributed by atoms with E-state index in [1.54, 1.807) is 0 Å². The molecule has 0 bridgehead atoms. The van der Waals surface area contributed by atoms with Crippen LogP contribution >= 0.6 is 0 Å². The monoisotopic (exact) mass is 186 g/mol. The van der Waals surface area contributed by atoms with Crippen molar-refractivity contribution in [2.75, 3.05) is 0 Å². The van der Waals surface area contributed by atoms with E-state index in [9.17, 15) is 14.7 Å². The maximum absolute atomic E-state index is 11.0. The van der Waals surface area contributed by atoms with Gasteiger partial charge in [-0.05, 0) is 20.3 Å². The summed E-state index contributed by atoms with van der Waals surface area (Å²) in [5.41, 5.74) is 0. The summed E-state index contributed by atoms with van der Waals surface area (Å²) in [5.74, 6) is -1.21. The van der Waals surface area contributed by atoms with Crippen molar-refractivity contribution < 1.29 is 14.7 Å². The van der Waals surface area contributed by atoms with Gasteiger partial charge in [-0.2, -0.15) is 0 Å². The highest BCUT2D eigenvalue weighted by molar-refractivity contribution is 5.82. The number of Topliss-reactive ketones (excluding diaryl/α,β-unsaturated/α-hetero) is 1. The van der Waals surface area contributed by atoms with E-state index in [-0.39, 0.29) is 11.8 Å². The van der Waals surface area contributed by atoms with Gasteiger partial charge in [0.15, 0.2) is 0 Å². The van der Waals surface area contributed by atoms with Crippen molar-refractivity contribution in [2.24, 2.45) is 0 Å². The number of hydrogen-bond donors (Lipinski definition) is 1. The predicted octanol–water partition coefficient (Wildman–Crippen LogP) is -0.528. The molecule has 0 saturated carbocycles. The van der Waals surface area contributed by atoms with Crippen LogP contribution in [0, 0.1) is 0 Å². The smallest absolute Gasteiger partial charge is 0.146 e. The minimum atomic E-state index is -1.18. The molecule has 0 spiro atoms. The van der Waals surface area contributed by atoms with Crippen LogP contribution in [-0.2, 0) is 9.59 Å². The van der Waals surface area contributed by atoms with Crippen LogP contribution in [0.3, 0.4) is 0 Å². The molecule has 0 radical (unpaired) electrons. The van der Waals surface area contributed by atoms with Crippen LogP contribution in [0.4, 0.5) is 0 Å². The number of carbonyl (C=O) groups excluding carboxylic acids is 2. The van der Waals surface area contributed by atoms with Crippen molar-refractivity contribution in [3.05, 3.63) is 0 Å². The lowest BCUT2D eigenvalue weighted by atomic mass is 10.1. The minimum Gasteiger partial charge on any atom is -0.548 e.